The van der Waals surface area contributed by atoms with Crippen molar-refractivity contribution in [1.29, 1.82) is 0 Å². The van der Waals surface area contributed by atoms with Gasteiger partial charge in [0.25, 0.3) is 5.91 Å². The van der Waals surface area contributed by atoms with Crippen molar-refractivity contribution in [1.82, 2.24) is 10.7 Å². The molecule has 0 radical (unpaired) electrons. The summed E-state index contributed by atoms with van der Waals surface area (Å²) < 4.78 is 22.9. The second kappa shape index (κ2) is 9.52. The van der Waals surface area contributed by atoms with E-state index >= 15 is 0 Å². The zero-order valence-corrected chi connectivity index (χ0v) is 20.1. The molecule has 4 N–H and O–H groups in total. The third kappa shape index (κ3) is 6.24. The summed E-state index contributed by atoms with van der Waals surface area (Å²) in [7, 11) is 0.765. The standard InChI is InChI=1S/C22H34BN3O6/c1-20(2,3)30-19(28)25-13-15(23-31-21(4,5)22(6,7)32-23)11-14-9-10-16(29-8)12-17(14)18(27)26-24/h9-12H,13,24H2,1-8H3,(H,25,28)(H,26,27). The van der Waals surface area contributed by atoms with Gasteiger partial charge in [-0.1, -0.05) is 12.1 Å². The average molecular weight is 447 g/mol. The van der Waals surface area contributed by atoms with Crippen LogP contribution >= 0.6 is 0 Å². The lowest BCUT2D eigenvalue weighted by Gasteiger charge is -2.32. The van der Waals surface area contributed by atoms with E-state index < -0.39 is 35.9 Å². The highest BCUT2D eigenvalue weighted by molar-refractivity contribution is 6.56. The number of nitrogens with one attached hydrogen (secondary N) is 2. The van der Waals surface area contributed by atoms with Gasteiger partial charge in [0, 0.05) is 6.54 Å². The van der Waals surface area contributed by atoms with Crippen LogP contribution in [0.1, 0.15) is 64.4 Å². The molecule has 1 aromatic rings. The average Bonchev–Trinajstić information content (AvgIpc) is 2.90. The van der Waals surface area contributed by atoms with Gasteiger partial charge in [0.1, 0.15) is 11.4 Å². The maximum Gasteiger partial charge on any atom is 0.492 e. The molecule has 176 valence electrons. The molecular formula is C22H34BN3O6. The second-order valence-electron chi connectivity index (χ2n) is 9.59. The monoisotopic (exact) mass is 447 g/mol. The lowest BCUT2D eigenvalue weighted by Crippen LogP contribution is -2.41. The summed E-state index contributed by atoms with van der Waals surface area (Å²) in [6.45, 7) is 13.2. The van der Waals surface area contributed by atoms with Crippen LogP contribution < -0.4 is 21.3 Å². The van der Waals surface area contributed by atoms with Crippen molar-refractivity contribution < 1.29 is 28.4 Å². The molecule has 0 atom stereocenters. The van der Waals surface area contributed by atoms with Gasteiger partial charge in [-0.25, -0.2) is 10.6 Å². The Labute approximate surface area is 190 Å². The Kier molecular flexibility index (Phi) is 7.65. The summed E-state index contributed by atoms with van der Waals surface area (Å²) in [6.07, 6.45) is 1.17. The van der Waals surface area contributed by atoms with Crippen molar-refractivity contribution in [2.75, 3.05) is 13.7 Å². The summed E-state index contributed by atoms with van der Waals surface area (Å²) in [5.74, 6) is 5.38. The van der Waals surface area contributed by atoms with Crippen LogP contribution in [0.15, 0.2) is 23.7 Å². The van der Waals surface area contributed by atoms with E-state index in [1.165, 1.54) is 7.11 Å². The van der Waals surface area contributed by atoms with Gasteiger partial charge in [0.15, 0.2) is 0 Å². The van der Waals surface area contributed by atoms with E-state index in [2.05, 4.69) is 10.7 Å². The maximum absolute atomic E-state index is 12.4. The topological polar surface area (TPSA) is 121 Å². The molecule has 1 aliphatic rings. The first-order chi connectivity index (χ1) is 14.7. The van der Waals surface area contributed by atoms with E-state index in [0.717, 1.165) is 0 Å². The number of rotatable bonds is 6. The molecule has 0 bridgehead atoms. The number of nitrogens with two attached hydrogens (primary N) is 1. The molecule has 0 unspecified atom stereocenters. The molecule has 1 heterocycles. The SMILES string of the molecule is COc1ccc(C=C(CNC(=O)OC(C)(C)C)B2OC(C)(C)C(C)(C)O2)c(C(=O)NN)c1. The minimum absolute atomic E-state index is 0.0848. The Bertz CT molecular complexity index is 876. The molecule has 1 saturated heterocycles. The lowest BCUT2D eigenvalue weighted by molar-refractivity contribution is 0.00578. The number of hydrazine groups is 1. The predicted octanol–water partition coefficient (Wildman–Crippen LogP) is 2.84. The van der Waals surface area contributed by atoms with Gasteiger partial charge in [0.05, 0.1) is 23.9 Å². The number of carbonyl (C=O) groups excluding carboxylic acids is 2. The normalized spacial score (nSPS) is 17.7. The summed E-state index contributed by atoms with van der Waals surface area (Å²) in [5.41, 5.74) is 1.80. The molecule has 10 heteroatoms. The molecule has 1 aliphatic heterocycles. The van der Waals surface area contributed by atoms with Gasteiger partial charge in [-0.15, -0.1) is 0 Å². The minimum atomic E-state index is -0.745. The Morgan fingerprint density at radius 2 is 1.75 bits per heavy atom. The highest BCUT2D eigenvalue weighted by atomic mass is 16.7. The van der Waals surface area contributed by atoms with E-state index in [4.69, 9.17) is 24.6 Å². The molecule has 0 saturated carbocycles. The maximum atomic E-state index is 12.4. The Hall–Kier alpha value is -2.56. The Morgan fingerprint density at radius 3 is 2.25 bits per heavy atom. The molecule has 0 aliphatic carbocycles. The van der Waals surface area contributed by atoms with Crippen LogP contribution in [0.25, 0.3) is 6.08 Å². The highest BCUT2D eigenvalue weighted by Gasteiger charge is 2.52. The van der Waals surface area contributed by atoms with E-state index in [0.29, 0.717) is 22.3 Å². The molecular weight excluding hydrogens is 413 g/mol. The van der Waals surface area contributed by atoms with Crippen LogP contribution in [0, 0.1) is 0 Å². The predicted molar refractivity (Wildman–Crippen MR) is 123 cm³/mol. The van der Waals surface area contributed by atoms with Gasteiger partial charge >= 0.3 is 13.2 Å². The van der Waals surface area contributed by atoms with Crippen molar-refractivity contribution in [3.8, 4) is 5.75 Å². The third-order valence-corrected chi connectivity index (χ3v) is 5.37. The quantitative estimate of drug-likeness (QED) is 0.265. The van der Waals surface area contributed by atoms with E-state index in [1.54, 1.807) is 45.0 Å². The third-order valence-electron chi connectivity index (χ3n) is 5.37. The van der Waals surface area contributed by atoms with Gasteiger partial charge in [-0.3, -0.25) is 10.2 Å². The fourth-order valence-electron chi connectivity index (χ4n) is 2.95. The van der Waals surface area contributed by atoms with Crippen LogP contribution in [0.4, 0.5) is 4.79 Å². The highest BCUT2D eigenvalue weighted by Crippen LogP contribution is 2.39. The molecule has 1 fully saturated rings. The number of hydrogen-bond acceptors (Lipinski definition) is 7. The Morgan fingerprint density at radius 1 is 1.16 bits per heavy atom. The van der Waals surface area contributed by atoms with Crippen molar-refractivity contribution in [2.45, 2.75) is 65.3 Å². The van der Waals surface area contributed by atoms with E-state index in [-0.39, 0.29) is 6.54 Å². The van der Waals surface area contributed by atoms with Crippen LogP contribution in [0.2, 0.25) is 0 Å². The van der Waals surface area contributed by atoms with Gasteiger partial charge in [0.2, 0.25) is 0 Å². The van der Waals surface area contributed by atoms with Gasteiger partial charge in [-0.2, -0.15) is 0 Å². The number of alkyl carbamates (subject to hydrolysis) is 1. The molecule has 0 aromatic heterocycles. The minimum Gasteiger partial charge on any atom is -0.497 e. The number of nitrogen functional groups attached to an aromatic ring is 1. The molecule has 2 amide bonds. The van der Waals surface area contributed by atoms with Gasteiger partial charge in [-0.05, 0) is 71.6 Å². The Balaban J connectivity index is 2.44. The zero-order chi connectivity index (χ0) is 24.3. The molecule has 1 aromatic carbocycles. The van der Waals surface area contributed by atoms with Crippen LogP contribution in [-0.2, 0) is 14.0 Å². The molecule has 32 heavy (non-hydrogen) atoms. The first-order valence-electron chi connectivity index (χ1n) is 10.4. The van der Waals surface area contributed by atoms with E-state index in [1.807, 2.05) is 27.7 Å². The number of carbonyl (C=O) groups is 2. The summed E-state index contributed by atoms with van der Waals surface area (Å²) in [5, 5.41) is 2.74. The zero-order valence-electron chi connectivity index (χ0n) is 20.1. The van der Waals surface area contributed by atoms with E-state index in [9.17, 15) is 9.59 Å². The largest absolute Gasteiger partial charge is 0.497 e. The first kappa shape index (κ1) is 25.7. The fraction of sp³-hybridized carbons (Fsp3) is 0.545. The van der Waals surface area contributed by atoms with Crippen LogP contribution in [0.5, 0.6) is 5.75 Å². The molecule has 9 nitrogen and oxygen atoms in total. The van der Waals surface area contributed by atoms with Crippen molar-refractivity contribution >= 4 is 25.2 Å². The molecule has 0 spiro atoms. The number of methoxy groups -OCH3 is 1. The number of amides is 2. The van der Waals surface area contributed by atoms with Crippen molar-refractivity contribution in [2.24, 2.45) is 5.84 Å². The fourth-order valence-corrected chi connectivity index (χ4v) is 2.95. The second-order valence-corrected chi connectivity index (χ2v) is 9.59. The number of ether oxygens (including phenoxy) is 2. The van der Waals surface area contributed by atoms with Crippen molar-refractivity contribution in [3.05, 3.63) is 34.8 Å². The first-order valence-corrected chi connectivity index (χ1v) is 10.4. The van der Waals surface area contributed by atoms with Crippen molar-refractivity contribution in [3.63, 3.8) is 0 Å². The van der Waals surface area contributed by atoms with Gasteiger partial charge < -0.3 is 24.1 Å². The van der Waals surface area contributed by atoms with Crippen LogP contribution in [0.3, 0.4) is 0 Å². The molecule has 2 rings (SSSR count). The summed E-state index contributed by atoms with van der Waals surface area (Å²) in [4.78, 5) is 24.6. The smallest absolute Gasteiger partial charge is 0.492 e. The lowest BCUT2D eigenvalue weighted by atomic mass is 9.76. The summed E-state index contributed by atoms with van der Waals surface area (Å²) in [6, 6.07) is 5.03. The van der Waals surface area contributed by atoms with Crippen LogP contribution in [-0.4, -0.2) is 49.6 Å². The number of benzene rings is 1. The summed E-state index contributed by atoms with van der Waals surface area (Å²) >= 11 is 0. The number of hydrogen-bond donors (Lipinski definition) is 3.